The van der Waals surface area contributed by atoms with Crippen LogP contribution in [0.2, 0.25) is 10.0 Å². The van der Waals surface area contributed by atoms with Crippen molar-refractivity contribution in [1.82, 2.24) is 14.5 Å². The third kappa shape index (κ3) is 6.01. The van der Waals surface area contributed by atoms with Gasteiger partial charge in [0, 0.05) is 53.4 Å². The summed E-state index contributed by atoms with van der Waals surface area (Å²) in [5.74, 6) is 0.529. The van der Waals surface area contributed by atoms with E-state index in [1.807, 2.05) is 37.3 Å². The molecule has 194 valence electrons. The Balaban J connectivity index is 1.08. The average Bonchev–Trinajstić information content (AvgIpc) is 3.41. The van der Waals surface area contributed by atoms with E-state index in [1.54, 1.807) is 10.6 Å². The van der Waals surface area contributed by atoms with Crippen molar-refractivity contribution >= 4 is 40.8 Å². The van der Waals surface area contributed by atoms with Crippen molar-refractivity contribution in [2.75, 3.05) is 44.2 Å². The molecule has 0 amide bonds. The Bertz CT molecular complexity index is 1280. The fourth-order valence-electron chi connectivity index (χ4n) is 4.51. The van der Waals surface area contributed by atoms with Crippen LogP contribution in [0, 0.1) is 10.1 Å². The first-order valence-electron chi connectivity index (χ1n) is 12.0. The number of fused-ring (bicyclic) bond motifs is 1. The number of hydrogen-bond donors (Lipinski definition) is 0. The number of rotatable bonds is 8. The number of nitro groups is 1. The second-order valence-corrected chi connectivity index (χ2v) is 10.3. The quantitative estimate of drug-likeness (QED) is 0.286. The standard InChI is InChI=1S/C26H27Cl2N5O4/c1-26(17-32-16-24(33(34)35)29-25(32)37-26)18-36-22-7-5-21(6-8-22)31-13-11-30(12-14-31)10-2-3-19-15-20(27)4-9-23(19)28/h2-9,15-16H,10-14,17-18H2,1H3/b3-2+/t26-/m1/s1. The molecule has 2 aliphatic rings. The average molecular weight is 544 g/mol. The van der Waals surface area contributed by atoms with Gasteiger partial charge in [-0.25, -0.2) is 0 Å². The van der Waals surface area contributed by atoms with Gasteiger partial charge >= 0.3 is 11.8 Å². The Morgan fingerprint density at radius 3 is 2.62 bits per heavy atom. The number of hydrogen-bond acceptors (Lipinski definition) is 7. The number of piperazine rings is 1. The first-order chi connectivity index (χ1) is 17.8. The third-order valence-electron chi connectivity index (χ3n) is 6.49. The molecule has 0 spiro atoms. The third-order valence-corrected chi connectivity index (χ3v) is 7.07. The van der Waals surface area contributed by atoms with Gasteiger partial charge in [-0.15, -0.1) is 0 Å². The van der Waals surface area contributed by atoms with Crippen molar-refractivity contribution in [1.29, 1.82) is 0 Å². The smallest absolute Gasteiger partial charge is 0.415 e. The first kappa shape index (κ1) is 25.4. The Kier molecular flexibility index (Phi) is 7.28. The molecular weight excluding hydrogens is 517 g/mol. The van der Waals surface area contributed by atoms with Crippen LogP contribution >= 0.6 is 23.2 Å². The molecule has 9 nitrogen and oxygen atoms in total. The maximum atomic E-state index is 10.9. The van der Waals surface area contributed by atoms with Gasteiger partial charge in [0.25, 0.3) is 0 Å². The first-order valence-corrected chi connectivity index (χ1v) is 12.8. The van der Waals surface area contributed by atoms with E-state index in [2.05, 4.69) is 33.0 Å². The monoisotopic (exact) mass is 543 g/mol. The zero-order valence-electron chi connectivity index (χ0n) is 20.3. The molecule has 0 saturated carbocycles. The number of halogens is 2. The van der Waals surface area contributed by atoms with E-state index in [4.69, 9.17) is 32.7 Å². The summed E-state index contributed by atoms with van der Waals surface area (Å²) in [6.07, 6.45) is 5.54. The predicted octanol–water partition coefficient (Wildman–Crippen LogP) is 5.16. The van der Waals surface area contributed by atoms with Gasteiger partial charge in [0.05, 0.1) is 6.54 Å². The van der Waals surface area contributed by atoms with Gasteiger partial charge in [0.2, 0.25) is 0 Å². The minimum absolute atomic E-state index is 0.215. The largest absolute Gasteiger partial charge is 0.489 e. The van der Waals surface area contributed by atoms with Gasteiger partial charge in [-0.1, -0.05) is 35.4 Å². The lowest BCUT2D eigenvalue weighted by Gasteiger charge is -2.35. The molecule has 0 unspecified atom stereocenters. The van der Waals surface area contributed by atoms with Crippen LogP contribution in [0.5, 0.6) is 11.8 Å². The zero-order chi connectivity index (χ0) is 26.0. The van der Waals surface area contributed by atoms with Gasteiger partial charge in [0.1, 0.15) is 18.6 Å². The molecule has 3 aromatic rings. The van der Waals surface area contributed by atoms with Gasteiger partial charge in [-0.05, 0) is 59.9 Å². The van der Waals surface area contributed by atoms with Crippen LogP contribution in [0.15, 0.2) is 54.7 Å². The van der Waals surface area contributed by atoms with Crippen LogP contribution in [-0.4, -0.2) is 64.3 Å². The molecule has 3 heterocycles. The topological polar surface area (TPSA) is 85.9 Å². The Hall–Kier alpha value is -3.27. The van der Waals surface area contributed by atoms with Crippen LogP contribution in [0.1, 0.15) is 12.5 Å². The molecule has 5 rings (SSSR count). The van der Waals surface area contributed by atoms with E-state index >= 15 is 0 Å². The second kappa shape index (κ2) is 10.6. The minimum atomic E-state index is -0.640. The number of ether oxygens (including phenoxy) is 2. The summed E-state index contributed by atoms with van der Waals surface area (Å²) >= 11 is 12.3. The number of aromatic nitrogens is 2. The molecular formula is C26H27Cl2N5O4. The number of imidazole rings is 1. The van der Waals surface area contributed by atoms with Crippen molar-refractivity contribution in [3.8, 4) is 11.8 Å². The molecule has 11 heteroatoms. The van der Waals surface area contributed by atoms with Crippen molar-refractivity contribution in [2.45, 2.75) is 19.1 Å². The predicted molar refractivity (Wildman–Crippen MR) is 144 cm³/mol. The van der Waals surface area contributed by atoms with Crippen molar-refractivity contribution in [3.63, 3.8) is 0 Å². The highest BCUT2D eigenvalue weighted by Gasteiger charge is 2.41. The van der Waals surface area contributed by atoms with Crippen LogP contribution in [0.4, 0.5) is 11.5 Å². The fourth-order valence-corrected chi connectivity index (χ4v) is 4.87. The number of anilines is 1. The van der Waals surface area contributed by atoms with E-state index in [0.717, 1.165) is 49.7 Å². The second-order valence-electron chi connectivity index (χ2n) is 9.46. The summed E-state index contributed by atoms with van der Waals surface area (Å²) in [6.45, 7) is 7.31. The van der Waals surface area contributed by atoms with E-state index < -0.39 is 10.5 Å². The van der Waals surface area contributed by atoms with Crippen LogP contribution in [0.25, 0.3) is 6.08 Å². The summed E-state index contributed by atoms with van der Waals surface area (Å²) < 4.78 is 13.5. The molecule has 1 saturated heterocycles. The van der Waals surface area contributed by atoms with Gasteiger partial charge in [-0.3, -0.25) is 9.47 Å². The summed E-state index contributed by atoms with van der Waals surface area (Å²) in [7, 11) is 0. The summed E-state index contributed by atoms with van der Waals surface area (Å²) in [6, 6.07) is 13.8. The van der Waals surface area contributed by atoms with Crippen molar-refractivity contribution in [2.24, 2.45) is 0 Å². The Morgan fingerprint density at radius 2 is 1.92 bits per heavy atom. The lowest BCUT2D eigenvalue weighted by atomic mass is 10.1. The molecule has 37 heavy (non-hydrogen) atoms. The summed E-state index contributed by atoms with van der Waals surface area (Å²) in [5.41, 5.74) is 1.45. The normalized spacial score (nSPS) is 19.7. The molecule has 0 bridgehead atoms. The van der Waals surface area contributed by atoms with Gasteiger partial charge in [-0.2, -0.15) is 0 Å². The molecule has 1 fully saturated rings. The lowest BCUT2D eigenvalue weighted by molar-refractivity contribution is -0.389. The highest BCUT2D eigenvalue weighted by Crippen LogP contribution is 2.32. The maximum Gasteiger partial charge on any atom is 0.415 e. The number of benzene rings is 2. The zero-order valence-corrected chi connectivity index (χ0v) is 21.9. The lowest BCUT2D eigenvalue weighted by Crippen LogP contribution is -2.46. The Morgan fingerprint density at radius 1 is 1.16 bits per heavy atom. The van der Waals surface area contributed by atoms with E-state index in [0.29, 0.717) is 23.2 Å². The van der Waals surface area contributed by atoms with Gasteiger partial charge in [0.15, 0.2) is 5.60 Å². The molecule has 2 aliphatic heterocycles. The summed E-state index contributed by atoms with van der Waals surface area (Å²) in [5, 5.41) is 12.3. The van der Waals surface area contributed by atoms with Crippen molar-refractivity contribution in [3.05, 3.63) is 80.5 Å². The van der Waals surface area contributed by atoms with Crippen LogP contribution < -0.4 is 14.4 Å². The van der Waals surface area contributed by atoms with E-state index in [9.17, 15) is 10.1 Å². The van der Waals surface area contributed by atoms with E-state index in [-0.39, 0.29) is 11.8 Å². The highest BCUT2D eigenvalue weighted by molar-refractivity contribution is 6.34. The molecule has 2 aromatic carbocycles. The molecule has 0 aliphatic carbocycles. The maximum absolute atomic E-state index is 10.9. The number of nitrogens with zero attached hydrogens (tertiary/aromatic N) is 5. The molecule has 1 atom stereocenters. The molecule has 1 aromatic heterocycles. The minimum Gasteiger partial charge on any atom is -0.489 e. The van der Waals surface area contributed by atoms with Gasteiger partial charge < -0.3 is 24.5 Å². The fraction of sp³-hybridized carbons (Fsp3) is 0.346. The van der Waals surface area contributed by atoms with Crippen LogP contribution in [0.3, 0.4) is 0 Å². The molecule has 0 N–H and O–H groups in total. The van der Waals surface area contributed by atoms with Crippen LogP contribution in [-0.2, 0) is 6.54 Å². The van der Waals surface area contributed by atoms with E-state index in [1.165, 1.54) is 6.20 Å². The highest BCUT2D eigenvalue weighted by atomic mass is 35.5. The SMILES string of the molecule is C[C@]1(COc2ccc(N3CCN(C/C=C/c4cc(Cl)ccc4Cl)CC3)cc2)Cn2cc([N+](=O)[O-])nc2O1. The van der Waals surface area contributed by atoms with Crippen molar-refractivity contribution < 1.29 is 14.4 Å². The molecule has 0 radical (unpaired) electrons. The Labute approximate surface area is 225 Å². The summed E-state index contributed by atoms with van der Waals surface area (Å²) in [4.78, 5) is 19.0.